The van der Waals surface area contributed by atoms with Gasteiger partial charge in [0.1, 0.15) is 6.61 Å². The molecule has 7 nitrogen and oxygen atoms in total. The van der Waals surface area contributed by atoms with Crippen LogP contribution in [0.1, 0.15) is 39.1 Å². The number of benzene rings is 3. The van der Waals surface area contributed by atoms with Crippen molar-refractivity contribution in [2.75, 3.05) is 26.8 Å². The van der Waals surface area contributed by atoms with Gasteiger partial charge in [-0.2, -0.15) is 0 Å². The molecule has 194 valence electrons. The van der Waals surface area contributed by atoms with Crippen LogP contribution in [0.5, 0.6) is 11.5 Å². The van der Waals surface area contributed by atoms with Gasteiger partial charge in [-0.1, -0.05) is 91.0 Å². The Kier molecular flexibility index (Phi) is 7.56. The molecule has 4 aromatic rings. The monoisotopic (exact) mass is 510 g/mol. The van der Waals surface area contributed by atoms with Crippen LogP contribution >= 0.6 is 0 Å². The number of amides is 1. The molecule has 0 saturated heterocycles. The van der Waals surface area contributed by atoms with Gasteiger partial charge in [0.2, 0.25) is 5.75 Å². The lowest BCUT2D eigenvalue weighted by molar-refractivity contribution is 0.0578. The van der Waals surface area contributed by atoms with E-state index in [1.54, 1.807) is 16.6 Å². The molecule has 1 aromatic heterocycles. The van der Waals surface area contributed by atoms with Crippen molar-refractivity contribution in [3.05, 3.63) is 130 Å². The van der Waals surface area contributed by atoms with Gasteiger partial charge < -0.3 is 24.0 Å². The van der Waals surface area contributed by atoms with Crippen LogP contribution in [-0.4, -0.2) is 47.3 Å². The molecule has 0 radical (unpaired) electrons. The zero-order valence-electron chi connectivity index (χ0n) is 21.2. The molecule has 3 aromatic carbocycles. The fourth-order valence-corrected chi connectivity index (χ4v) is 5.09. The first-order chi connectivity index (χ1) is 18.6. The molecular formula is C31H30N2O5. The van der Waals surface area contributed by atoms with Gasteiger partial charge in [-0.05, 0) is 16.7 Å². The van der Waals surface area contributed by atoms with E-state index in [4.69, 9.17) is 9.47 Å². The normalized spacial score (nSPS) is 14.9. The van der Waals surface area contributed by atoms with E-state index in [-0.39, 0.29) is 35.9 Å². The first-order valence-electron chi connectivity index (χ1n) is 12.6. The second-order valence-electron chi connectivity index (χ2n) is 9.31. The maximum Gasteiger partial charge on any atom is 0.274 e. The Morgan fingerprint density at radius 2 is 1.47 bits per heavy atom. The standard InChI is InChI=1S/C31H30N2O5/c1-37-18-17-32-19-25(27(23-13-7-3-8-14-23)24-15-9-4-10-16-24)33-20-26(34)29(35)30(28(33)31(32)36)38-21-22-11-5-2-6-12-22/h2-16,20,25,27,34H,17-19,21H2,1H3/t25-/m1/s1. The van der Waals surface area contributed by atoms with E-state index in [9.17, 15) is 14.7 Å². The van der Waals surface area contributed by atoms with Crippen molar-refractivity contribution in [3.63, 3.8) is 0 Å². The lowest BCUT2D eigenvalue weighted by Gasteiger charge is -2.40. The Hall–Kier alpha value is -4.36. The molecule has 1 amide bonds. The average molecular weight is 511 g/mol. The summed E-state index contributed by atoms with van der Waals surface area (Å²) in [5.74, 6) is -1.11. The Labute approximate surface area is 221 Å². The van der Waals surface area contributed by atoms with E-state index in [0.717, 1.165) is 16.7 Å². The molecule has 5 rings (SSSR count). The molecule has 0 bridgehead atoms. The van der Waals surface area contributed by atoms with Crippen LogP contribution in [0, 0.1) is 0 Å². The van der Waals surface area contributed by atoms with Crippen molar-refractivity contribution in [1.29, 1.82) is 0 Å². The zero-order valence-corrected chi connectivity index (χ0v) is 21.2. The SMILES string of the molecule is COCCN1C[C@H](C(c2ccccc2)c2ccccc2)n2cc(O)c(=O)c(OCc3ccccc3)c2C1=O. The summed E-state index contributed by atoms with van der Waals surface area (Å²) in [7, 11) is 1.59. The Morgan fingerprint density at radius 1 is 0.895 bits per heavy atom. The van der Waals surface area contributed by atoms with Crippen molar-refractivity contribution >= 4 is 5.91 Å². The summed E-state index contributed by atoms with van der Waals surface area (Å²) < 4.78 is 13.0. The van der Waals surface area contributed by atoms with Crippen LogP contribution < -0.4 is 10.2 Å². The van der Waals surface area contributed by atoms with E-state index in [1.165, 1.54) is 6.20 Å². The average Bonchev–Trinajstić information content (AvgIpc) is 2.96. The van der Waals surface area contributed by atoms with Gasteiger partial charge in [-0.25, -0.2) is 0 Å². The third kappa shape index (κ3) is 5.06. The number of nitrogens with zero attached hydrogens (tertiary/aromatic N) is 2. The number of hydrogen-bond donors (Lipinski definition) is 1. The summed E-state index contributed by atoms with van der Waals surface area (Å²) in [6.45, 7) is 1.16. The fourth-order valence-electron chi connectivity index (χ4n) is 5.09. The van der Waals surface area contributed by atoms with Crippen LogP contribution in [0.4, 0.5) is 0 Å². The number of hydrogen-bond acceptors (Lipinski definition) is 5. The summed E-state index contributed by atoms with van der Waals surface area (Å²) in [6.07, 6.45) is 1.38. The maximum absolute atomic E-state index is 13.8. The molecule has 0 unspecified atom stereocenters. The van der Waals surface area contributed by atoms with Crippen molar-refractivity contribution in [3.8, 4) is 11.5 Å². The number of aromatic hydroxyl groups is 1. The minimum absolute atomic E-state index is 0.0867. The fraction of sp³-hybridized carbons (Fsp3) is 0.226. The van der Waals surface area contributed by atoms with Crippen LogP contribution in [0.15, 0.2) is 102 Å². The highest BCUT2D eigenvalue weighted by Crippen LogP contribution is 2.40. The molecule has 1 atom stereocenters. The van der Waals surface area contributed by atoms with Crippen LogP contribution in [-0.2, 0) is 11.3 Å². The molecule has 1 aliphatic rings. The van der Waals surface area contributed by atoms with Crippen LogP contribution in [0.2, 0.25) is 0 Å². The molecule has 0 fully saturated rings. The quantitative estimate of drug-likeness (QED) is 0.356. The molecule has 0 aliphatic carbocycles. The second kappa shape index (κ2) is 11.4. The van der Waals surface area contributed by atoms with Crippen LogP contribution in [0.25, 0.3) is 0 Å². The summed E-state index contributed by atoms with van der Waals surface area (Å²) in [4.78, 5) is 28.7. The lowest BCUT2D eigenvalue weighted by Crippen LogP contribution is -2.47. The van der Waals surface area contributed by atoms with Gasteiger partial charge in [0.15, 0.2) is 11.4 Å². The zero-order chi connectivity index (χ0) is 26.5. The summed E-state index contributed by atoms with van der Waals surface area (Å²) in [5.41, 5.74) is 2.38. The first-order valence-corrected chi connectivity index (χ1v) is 12.6. The maximum atomic E-state index is 13.8. The number of carbonyl (C=O) groups is 1. The molecular weight excluding hydrogens is 480 g/mol. The molecule has 7 heteroatoms. The largest absolute Gasteiger partial charge is 0.503 e. The Bertz CT molecular complexity index is 1400. The number of carbonyl (C=O) groups excluding carboxylic acids is 1. The van der Waals surface area contributed by atoms with Crippen molar-refractivity contribution in [2.24, 2.45) is 0 Å². The van der Waals surface area contributed by atoms with Gasteiger partial charge in [0.25, 0.3) is 11.3 Å². The predicted octanol–water partition coefficient (Wildman–Crippen LogP) is 4.61. The predicted molar refractivity (Wildman–Crippen MR) is 145 cm³/mol. The second-order valence-corrected chi connectivity index (χ2v) is 9.31. The van der Waals surface area contributed by atoms with Crippen molar-refractivity contribution in [1.82, 2.24) is 9.47 Å². The summed E-state index contributed by atoms with van der Waals surface area (Å²) in [6, 6.07) is 29.2. The van der Waals surface area contributed by atoms with Crippen molar-refractivity contribution in [2.45, 2.75) is 18.6 Å². The van der Waals surface area contributed by atoms with Gasteiger partial charge in [-0.3, -0.25) is 9.59 Å². The van der Waals surface area contributed by atoms with E-state index in [1.807, 2.05) is 66.7 Å². The van der Waals surface area contributed by atoms with E-state index >= 15 is 0 Å². The summed E-state index contributed by atoms with van der Waals surface area (Å²) in [5, 5.41) is 10.7. The van der Waals surface area contributed by atoms with E-state index in [2.05, 4.69) is 24.3 Å². The highest BCUT2D eigenvalue weighted by molar-refractivity contribution is 5.96. The topological polar surface area (TPSA) is 81.0 Å². The van der Waals surface area contributed by atoms with E-state index in [0.29, 0.717) is 19.7 Å². The minimum atomic E-state index is -0.705. The van der Waals surface area contributed by atoms with Gasteiger partial charge in [-0.15, -0.1) is 0 Å². The lowest BCUT2D eigenvalue weighted by atomic mass is 9.83. The smallest absolute Gasteiger partial charge is 0.274 e. The third-order valence-electron chi connectivity index (χ3n) is 6.92. The van der Waals surface area contributed by atoms with Gasteiger partial charge >= 0.3 is 0 Å². The molecule has 1 aliphatic heterocycles. The highest BCUT2D eigenvalue weighted by Gasteiger charge is 2.39. The third-order valence-corrected chi connectivity index (χ3v) is 6.92. The van der Waals surface area contributed by atoms with Gasteiger partial charge in [0.05, 0.1) is 18.8 Å². The minimum Gasteiger partial charge on any atom is -0.503 e. The number of aromatic nitrogens is 1. The number of ether oxygens (including phenoxy) is 2. The molecule has 2 heterocycles. The number of fused-ring (bicyclic) bond motifs is 1. The molecule has 0 saturated carbocycles. The van der Waals surface area contributed by atoms with Crippen molar-refractivity contribution < 1.29 is 19.4 Å². The van der Waals surface area contributed by atoms with Crippen LogP contribution in [0.3, 0.4) is 0 Å². The number of pyridine rings is 1. The molecule has 38 heavy (non-hydrogen) atoms. The number of methoxy groups -OCH3 is 1. The molecule has 0 spiro atoms. The first kappa shape index (κ1) is 25.3. The van der Waals surface area contributed by atoms with E-state index < -0.39 is 11.2 Å². The molecule has 1 N–H and O–H groups in total. The Balaban J connectivity index is 1.68. The Morgan fingerprint density at radius 3 is 2.05 bits per heavy atom. The number of rotatable bonds is 9. The summed E-state index contributed by atoms with van der Waals surface area (Å²) >= 11 is 0. The van der Waals surface area contributed by atoms with Gasteiger partial charge in [0, 0.05) is 26.1 Å². The highest BCUT2D eigenvalue weighted by atomic mass is 16.5.